The predicted molar refractivity (Wildman–Crippen MR) is 67.7 cm³/mol. The van der Waals surface area contributed by atoms with E-state index in [0.717, 1.165) is 11.6 Å². The third kappa shape index (κ3) is 2.85. The molecule has 90 valence electrons. The Morgan fingerprint density at radius 1 is 1.29 bits per heavy atom. The van der Waals surface area contributed by atoms with Gasteiger partial charge in [0.2, 0.25) is 0 Å². The minimum atomic E-state index is -0.580. The fourth-order valence-electron chi connectivity index (χ4n) is 1.65. The van der Waals surface area contributed by atoms with Gasteiger partial charge < -0.3 is 0 Å². The van der Waals surface area contributed by atoms with E-state index in [1.165, 1.54) is 6.07 Å². The second-order valence-corrected chi connectivity index (χ2v) is 5.23. The quantitative estimate of drug-likeness (QED) is 0.700. The minimum absolute atomic E-state index is 0.358. The molecule has 1 atom stereocenters. The Labute approximate surface area is 108 Å². The summed E-state index contributed by atoms with van der Waals surface area (Å²) in [6.45, 7) is 1.60. The first kappa shape index (κ1) is 12.5. The van der Waals surface area contributed by atoms with Crippen LogP contribution in [-0.4, -0.2) is 0 Å². The first-order valence-corrected chi connectivity index (χ1v) is 6.56. The Kier molecular flexibility index (Phi) is 3.79. The molecule has 0 bridgehead atoms. The summed E-state index contributed by atoms with van der Waals surface area (Å²) in [6, 6.07) is 4.33. The molecule has 0 radical (unpaired) electrons. The summed E-state index contributed by atoms with van der Waals surface area (Å²) in [4.78, 5) is 0. The molecule has 0 aliphatic carbocycles. The molecule has 0 aliphatic rings. The summed E-state index contributed by atoms with van der Waals surface area (Å²) in [6.07, 6.45) is 0.549. The first-order valence-electron chi connectivity index (χ1n) is 5.18. The molecule has 0 aliphatic heterocycles. The van der Waals surface area contributed by atoms with E-state index in [2.05, 4.69) is 0 Å². The Morgan fingerprint density at radius 2 is 2.06 bits per heavy atom. The highest BCUT2D eigenvalue weighted by atomic mass is 35.5. The van der Waals surface area contributed by atoms with Crippen LogP contribution in [0.25, 0.3) is 0 Å². The van der Waals surface area contributed by atoms with Crippen LogP contribution in [0.1, 0.15) is 22.1 Å². The number of aryl methyl sites for hydroxylation is 1. The van der Waals surface area contributed by atoms with Gasteiger partial charge in [0.25, 0.3) is 0 Å². The molecule has 17 heavy (non-hydrogen) atoms. The normalized spacial score (nSPS) is 12.7. The van der Waals surface area contributed by atoms with Crippen LogP contribution in [0, 0.1) is 18.6 Å². The Morgan fingerprint density at radius 3 is 2.71 bits per heavy atom. The summed E-state index contributed by atoms with van der Waals surface area (Å²) >= 11 is 7.74. The molecule has 0 spiro atoms. The number of rotatable bonds is 3. The summed E-state index contributed by atoms with van der Waals surface area (Å²) in [7, 11) is 0. The third-order valence-corrected chi connectivity index (χ3v) is 3.73. The number of alkyl halides is 1. The van der Waals surface area contributed by atoms with Crippen molar-refractivity contribution in [3.05, 3.63) is 57.3 Å². The number of thiophene rings is 1. The summed E-state index contributed by atoms with van der Waals surface area (Å²) in [5, 5.41) is 3.46. The molecule has 2 rings (SSSR count). The zero-order chi connectivity index (χ0) is 12.4. The van der Waals surface area contributed by atoms with Gasteiger partial charge in [-0.2, -0.15) is 11.3 Å². The van der Waals surface area contributed by atoms with Crippen LogP contribution < -0.4 is 0 Å². The molecule has 0 amide bonds. The maximum atomic E-state index is 13.6. The van der Waals surface area contributed by atoms with Crippen molar-refractivity contribution in [1.29, 1.82) is 0 Å². The van der Waals surface area contributed by atoms with Crippen LogP contribution >= 0.6 is 22.9 Å². The molecular formula is C13H11ClF2S. The van der Waals surface area contributed by atoms with E-state index in [1.807, 2.05) is 16.8 Å². The largest absolute Gasteiger partial charge is 0.207 e. The lowest BCUT2D eigenvalue weighted by Crippen LogP contribution is -2.00. The van der Waals surface area contributed by atoms with E-state index in [1.54, 1.807) is 18.3 Å². The third-order valence-electron chi connectivity index (χ3n) is 2.61. The van der Waals surface area contributed by atoms with E-state index in [-0.39, 0.29) is 0 Å². The average Bonchev–Trinajstić information content (AvgIpc) is 2.76. The summed E-state index contributed by atoms with van der Waals surface area (Å²) in [5.41, 5.74) is 1.84. The van der Waals surface area contributed by atoms with Gasteiger partial charge in [-0.15, -0.1) is 11.6 Å². The van der Waals surface area contributed by atoms with Crippen molar-refractivity contribution >= 4 is 22.9 Å². The molecular weight excluding hydrogens is 262 g/mol. The van der Waals surface area contributed by atoms with Crippen LogP contribution in [0.2, 0.25) is 0 Å². The topological polar surface area (TPSA) is 0 Å². The zero-order valence-corrected chi connectivity index (χ0v) is 10.8. The predicted octanol–water partition coefficient (Wildman–Crippen LogP) is 4.86. The summed E-state index contributed by atoms with van der Waals surface area (Å²) < 4.78 is 26.7. The minimum Gasteiger partial charge on any atom is -0.207 e. The van der Waals surface area contributed by atoms with Crippen molar-refractivity contribution in [2.24, 2.45) is 0 Å². The van der Waals surface area contributed by atoms with Gasteiger partial charge in [-0.1, -0.05) is 0 Å². The molecule has 1 aromatic carbocycles. The Balaban J connectivity index is 2.24. The van der Waals surface area contributed by atoms with Crippen molar-refractivity contribution < 1.29 is 8.78 Å². The van der Waals surface area contributed by atoms with Gasteiger partial charge in [-0.25, -0.2) is 8.78 Å². The molecule has 1 aromatic heterocycles. The highest BCUT2D eigenvalue weighted by molar-refractivity contribution is 7.07. The van der Waals surface area contributed by atoms with Gasteiger partial charge in [0.15, 0.2) is 0 Å². The fourth-order valence-corrected chi connectivity index (χ4v) is 2.67. The number of hydrogen-bond donors (Lipinski definition) is 0. The van der Waals surface area contributed by atoms with Gasteiger partial charge in [-0.05, 0) is 47.4 Å². The molecule has 0 nitrogen and oxygen atoms in total. The first-order chi connectivity index (χ1) is 8.08. The summed E-state index contributed by atoms with van der Waals surface area (Å²) in [5.74, 6) is -1.12. The molecule has 1 heterocycles. The standard InChI is InChI=1S/C13H11ClF2S/c1-8-4-10(13(16)6-12(8)15)11(14)5-9-2-3-17-7-9/h2-4,6-7,11H,5H2,1H3. The maximum Gasteiger partial charge on any atom is 0.130 e. The van der Waals surface area contributed by atoms with E-state index in [9.17, 15) is 8.78 Å². The lowest BCUT2D eigenvalue weighted by Gasteiger charge is -2.11. The van der Waals surface area contributed by atoms with Crippen molar-refractivity contribution in [2.75, 3.05) is 0 Å². The highest BCUT2D eigenvalue weighted by Crippen LogP contribution is 2.29. The smallest absolute Gasteiger partial charge is 0.130 e. The Bertz CT molecular complexity index is 508. The van der Waals surface area contributed by atoms with Crippen molar-refractivity contribution in [1.82, 2.24) is 0 Å². The van der Waals surface area contributed by atoms with Gasteiger partial charge >= 0.3 is 0 Å². The maximum absolute atomic E-state index is 13.6. The fraction of sp³-hybridized carbons (Fsp3) is 0.231. The second-order valence-electron chi connectivity index (χ2n) is 3.93. The van der Waals surface area contributed by atoms with Gasteiger partial charge in [0.1, 0.15) is 11.6 Å². The van der Waals surface area contributed by atoms with Crippen molar-refractivity contribution in [3.63, 3.8) is 0 Å². The number of hydrogen-bond acceptors (Lipinski definition) is 1. The van der Waals surface area contributed by atoms with Crippen LogP contribution in [0.5, 0.6) is 0 Å². The molecule has 1 unspecified atom stereocenters. The van der Waals surface area contributed by atoms with E-state index in [4.69, 9.17) is 11.6 Å². The van der Waals surface area contributed by atoms with E-state index >= 15 is 0 Å². The molecule has 0 N–H and O–H groups in total. The van der Waals surface area contributed by atoms with E-state index in [0.29, 0.717) is 17.5 Å². The second kappa shape index (κ2) is 5.15. The van der Waals surface area contributed by atoms with Crippen molar-refractivity contribution in [3.8, 4) is 0 Å². The Hall–Kier alpha value is -0.930. The lowest BCUT2D eigenvalue weighted by molar-refractivity contribution is 0.564. The van der Waals surface area contributed by atoms with E-state index < -0.39 is 17.0 Å². The lowest BCUT2D eigenvalue weighted by atomic mass is 10.0. The average molecular weight is 273 g/mol. The zero-order valence-electron chi connectivity index (χ0n) is 9.21. The molecule has 0 saturated heterocycles. The van der Waals surface area contributed by atoms with Gasteiger partial charge in [-0.3, -0.25) is 0 Å². The molecule has 2 aromatic rings. The van der Waals surface area contributed by atoms with Gasteiger partial charge in [0.05, 0.1) is 5.38 Å². The monoisotopic (exact) mass is 272 g/mol. The molecule has 0 saturated carbocycles. The van der Waals surface area contributed by atoms with Crippen LogP contribution in [0.3, 0.4) is 0 Å². The van der Waals surface area contributed by atoms with Crippen LogP contribution in [0.4, 0.5) is 8.78 Å². The number of halogens is 3. The van der Waals surface area contributed by atoms with Crippen LogP contribution in [0.15, 0.2) is 29.0 Å². The van der Waals surface area contributed by atoms with Crippen molar-refractivity contribution in [2.45, 2.75) is 18.7 Å². The highest BCUT2D eigenvalue weighted by Gasteiger charge is 2.16. The SMILES string of the molecule is Cc1cc(C(Cl)Cc2ccsc2)c(F)cc1F. The number of benzene rings is 1. The molecule has 0 fully saturated rings. The van der Waals surface area contributed by atoms with Crippen LogP contribution in [-0.2, 0) is 6.42 Å². The van der Waals surface area contributed by atoms with Gasteiger partial charge in [0, 0.05) is 11.6 Å². The molecule has 4 heteroatoms.